The number of amides is 5. The summed E-state index contributed by atoms with van der Waals surface area (Å²) in [5.74, 6) is -4.76. The van der Waals surface area contributed by atoms with Crippen LogP contribution < -0.4 is 27.0 Å². The van der Waals surface area contributed by atoms with Crippen LogP contribution in [0, 0.1) is 11.8 Å². The predicted octanol–water partition coefficient (Wildman–Crippen LogP) is 2.34. The number of nitrogens with two attached hydrogens (primary N) is 1. The van der Waals surface area contributed by atoms with Gasteiger partial charge in [0.05, 0.1) is 19.0 Å². The van der Waals surface area contributed by atoms with E-state index in [9.17, 15) is 28.8 Å². The summed E-state index contributed by atoms with van der Waals surface area (Å²) in [4.78, 5) is 77.1. The van der Waals surface area contributed by atoms with Gasteiger partial charge in [-0.05, 0) is 40.2 Å². The van der Waals surface area contributed by atoms with E-state index < -0.39 is 60.0 Å². The first-order valence-corrected chi connectivity index (χ1v) is 15.9. The third-order valence-electron chi connectivity index (χ3n) is 7.93. The molecule has 3 rings (SSSR count). The van der Waals surface area contributed by atoms with Crippen molar-refractivity contribution in [2.45, 2.75) is 71.5 Å². The molecule has 4 atom stereocenters. The standard InChI is InChI=1S/C36H45N5O6/c1-5-23(4)32(41-35(46)29(17-22(2)3)40-30(42)20-24-11-7-6-8-12-24)33(44)36(47)38-21-31(43)39-28(34(37)45)19-25-15-16-26-13-9-10-14-27(26)18-25/h6-16,18,22-23,28-29,32H,5,17,19-21H2,1-4H3,(H2,37,45)(H,38,47)(H,39,43)(H,40,42)(H,41,46)/t23-,28-,29-,32?/m0/s1. The molecule has 0 heterocycles. The van der Waals surface area contributed by atoms with Crippen molar-refractivity contribution < 1.29 is 28.8 Å². The summed E-state index contributed by atoms with van der Waals surface area (Å²) < 4.78 is 0. The molecule has 0 saturated heterocycles. The number of hydrogen-bond donors (Lipinski definition) is 5. The van der Waals surface area contributed by atoms with Gasteiger partial charge in [-0.25, -0.2) is 0 Å². The Balaban J connectivity index is 1.60. The normalized spacial score (nSPS) is 13.6. The molecule has 0 saturated carbocycles. The highest BCUT2D eigenvalue weighted by atomic mass is 16.2. The quantitative estimate of drug-likeness (QED) is 0.141. The summed E-state index contributed by atoms with van der Waals surface area (Å²) in [6.07, 6.45) is 1.01. The van der Waals surface area contributed by atoms with E-state index in [1.807, 2.05) is 93.6 Å². The lowest BCUT2D eigenvalue weighted by Crippen LogP contribution is -2.57. The maximum atomic E-state index is 13.4. The van der Waals surface area contributed by atoms with Crippen molar-refractivity contribution in [1.82, 2.24) is 21.3 Å². The van der Waals surface area contributed by atoms with Crippen LogP contribution in [0.5, 0.6) is 0 Å². The maximum Gasteiger partial charge on any atom is 0.290 e. The van der Waals surface area contributed by atoms with E-state index in [2.05, 4.69) is 21.3 Å². The lowest BCUT2D eigenvalue weighted by molar-refractivity contribution is -0.142. The van der Waals surface area contributed by atoms with E-state index in [-0.39, 0.29) is 24.7 Å². The van der Waals surface area contributed by atoms with E-state index >= 15 is 0 Å². The van der Waals surface area contributed by atoms with Crippen molar-refractivity contribution in [1.29, 1.82) is 0 Å². The highest BCUT2D eigenvalue weighted by Gasteiger charge is 2.33. The third kappa shape index (κ3) is 11.4. The minimum Gasteiger partial charge on any atom is -0.368 e. The molecule has 0 aliphatic rings. The van der Waals surface area contributed by atoms with Gasteiger partial charge in [-0.3, -0.25) is 28.8 Å². The maximum absolute atomic E-state index is 13.4. The zero-order valence-electron chi connectivity index (χ0n) is 27.4. The second-order valence-electron chi connectivity index (χ2n) is 12.2. The number of carbonyl (C=O) groups is 6. The minimum atomic E-state index is -1.19. The third-order valence-corrected chi connectivity index (χ3v) is 7.93. The molecule has 0 radical (unpaired) electrons. The Morgan fingerprint density at radius 3 is 2.00 bits per heavy atom. The zero-order valence-corrected chi connectivity index (χ0v) is 27.4. The van der Waals surface area contributed by atoms with Crippen LogP contribution in [0.25, 0.3) is 10.8 Å². The van der Waals surface area contributed by atoms with Crippen molar-refractivity contribution in [3.63, 3.8) is 0 Å². The molecule has 0 spiro atoms. The summed E-state index contributed by atoms with van der Waals surface area (Å²) in [6, 6.07) is 19.3. The number of nitrogens with one attached hydrogen (secondary N) is 4. The molecule has 3 aromatic carbocycles. The molecular weight excluding hydrogens is 598 g/mol. The van der Waals surface area contributed by atoms with Crippen molar-refractivity contribution in [3.8, 4) is 0 Å². The summed E-state index contributed by atoms with van der Waals surface area (Å²) in [5.41, 5.74) is 7.12. The minimum absolute atomic E-state index is 0.0489. The summed E-state index contributed by atoms with van der Waals surface area (Å²) in [7, 11) is 0. The Hall–Kier alpha value is -5.06. The lowest BCUT2D eigenvalue weighted by atomic mass is 9.93. The number of primary amides is 1. The average Bonchev–Trinajstić information content (AvgIpc) is 3.04. The Morgan fingerprint density at radius 2 is 1.36 bits per heavy atom. The van der Waals surface area contributed by atoms with Crippen LogP contribution in [0.3, 0.4) is 0 Å². The number of rotatable bonds is 17. The van der Waals surface area contributed by atoms with Crippen molar-refractivity contribution in [2.75, 3.05) is 6.54 Å². The van der Waals surface area contributed by atoms with E-state index in [1.165, 1.54) is 0 Å². The van der Waals surface area contributed by atoms with E-state index in [0.29, 0.717) is 12.8 Å². The first kappa shape index (κ1) is 36.4. The van der Waals surface area contributed by atoms with Gasteiger partial charge in [0, 0.05) is 6.42 Å². The van der Waals surface area contributed by atoms with Gasteiger partial charge in [0.2, 0.25) is 29.4 Å². The molecule has 5 amide bonds. The highest BCUT2D eigenvalue weighted by Crippen LogP contribution is 2.17. The topological polar surface area (TPSA) is 177 Å². The smallest absolute Gasteiger partial charge is 0.290 e. The Bertz CT molecular complexity index is 1570. The van der Waals surface area contributed by atoms with Gasteiger partial charge in [0.1, 0.15) is 12.1 Å². The summed E-state index contributed by atoms with van der Waals surface area (Å²) in [6.45, 7) is 6.76. The number of fused-ring (bicyclic) bond motifs is 1. The number of carbonyl (C=O) groups excluding carboxylic acids is 6. The second kappa shape index (κ2) is 17.6. The van der Waals surface area contributed by atoms with Crippen molar-refractivity contribution in [3.05, 3.63) is 83.9 Å². The first-order valence-electron chi connectivity index (χ1n) is 15.9. The molecular formula is C36H45N5O6. The molecule has 250 valence electrons. The number of Topliss-reactive ketones (excluding diaryl/α,β-unsaturated/α-hetero) is 1. The monoisotopic (exact) mass is 643 g/mol. The van der Waals surface area contributed by atoms with Crippen LogP contribution in [-0.4, -0.2) is 60.0 Å². The fourth-order valence-electron chi connectivity index (χ4n) is 5.14. The van der Waals surface area contributed by atoms with Crippen LogP contribution in [0.1, 0.15) is 51.7 Å². The second-order valence-corrected chi connectivity index (χ2v) is 12.2. The van der Waals surface area contributed by atoms with Gasteiger partial charge in [0.15, 0.2) is 0 Å². The number of hydrogen-bond acceptors (Lipinski definition) is 6. The molecule has 0 bridgehead atoms. The van der Waals surface area contributed by atoms with Gasteiger partial charge < -0.3 is 27.0 Å². The van der Waals surface area contributed by atoms with Gasteiger partial charge in [0.25, 0.3) is 5.91 Å². The zero-order chi connectivity index (χ0) is 34.5. The molecule has 11 heteroatoms. The molecule has 3 aromatic rings. The van der Waals surface area contributed by atoms with E-state index in [1.54, 1.807) is 6.92 Å². The summed E-state index contributed by atoms with van der Waals surface area (Å²) >= 11 is 0. The fraction of sp³-hybridized carbons (Fsp3) is 0.389. The molecule has 6 N–H and O–H groups in total. The lowest BCUT2D eigenvalue weighted by Gasteiger charge is -2.26. The highest BCUT2D eigenvalue weighted by molar-refractivity contribution is 6.38. The van der Waals surface area contributed by atoms with Gasteiger partial charge in [-0.2, -0.15) is 0 Å². The molecule has 0 fully saturated rings. The average molecular weight is 644 g/mol. The molecule has 1 unspecified atom stereocenters. The van der Waals surface area contributed by atoms with Crippen molar-refractivity contribution >= 4 is 46.1 Å². The van der Waals surface area contributed by atoms with Crippen LogP contribution in [-0.2, 0) is 41.6 Å². The Kier molecular flexibility index (Phi) is 13.6. The van der Waals surface area contributed by atoms with Gasteiger partial charge in [-0.1, -0.05) is 107 Å². The van der Waals surface area contributed by atoms with Crippen LogP contribution >= 0.6 is 0 Å². The SMILES string of the molecule is CC[C@H](C)C(NC(=O)[C@H](CC(C)C)NC(=O)Cc1ccccc1)C(=O)C(=O)NCC(=O)N[C@@H](Cc1ccc2ccccc2c1)C(N)=O. The van der Waals surface area contributed by atoms with E-state index in [4.69, 9.17) is 5.73 Å². The van der Waals surface area contributed by atoms with Crippen LogP contribution in [0.15, 0.2) is 72.8 Å². The molecule has 47 heavy (non-hydrogen) atoms. The molecule has 11 nitrogen and oxygen atoms in total. The Morgan fingerprint density at radius 1 is 0.723 bits per heavy atom. The van der Waals surface area contributed by atoms with Gasteiger partial charge >= 0.3 is 0 Å². The largest absolute Gasteiger partial charge is 0.368 e. The predicted molar refractivity (Wildman–Crippen MR) is 180 cm³/mol. The van der Waals surface area contributed by atoms with Crippen LogP contribution in [0.2, 0.25) is 0 Å². The number of benzene rings is 3. The van der Waals surface area contributed by atoms with Crippen molar-refractivity contribution in [2.24, 2.45) is 17.6 Å². The molecule has 0 aliphatic heterocycles. The molecule has 0 aliphatic carbocycles. The Labute approximate surface area is 275 Å². The first-order chi connectivity index (χ1) is 22.4. The molecule has 0 aromatic heterocycles. The van der Waals surface area contributed by atoms with E-state index in [0.717, 1.165) is 21.9 Å². The summed E-state index contributed by atoms with van der Waals surface area (Å²) in [5, 5.41) is 12.3. The van der Waals surface area contributed by atoms with Gasteiger partial charge in [-0.15, -0.1) is 0 Å². The van der Waals surface area contributed by atoms with Crippen LogP contribution in [0.4, 0.5) is 0 Å². The number of ketones is 1. The fourth-order valence-corrected chi connectivity index (χ4v) is 5.14.